The summed E-state index contributed by atoms with van der Waals surface area (Å²) in [7, 11) is 0. The second-order valence-electron chi connectivity index (χ2n) is 4.69. The molecule has 1 amide bonds. The molecule has 0 fully saturated rings. The minimum Gasteiger partial charge on any atom is -0.383 e. The van der Waals surface area contributed by atoms with Crippen LogP contribution in [0.2, 0.25) is 0 Å². The van der Waals surface area contributed by atoms with Crippen LogP contribution in [-0.2, 0) is 0 Å². The fourth-order valence-corrected chi connectivity index (χ4v) is 1.88. The van der Waals surface area contributed by atoms with Crippen LogP contribution >= 0.6 is 0 Å². The van der Waals surface area contributed by atoms with Crippen LogP contribution in [-0.4, -0.2) is 27.4 Å². The molecule has 2 heterocycles. The standard InChI is InChI=1S/C15H19N5O/c1-2-3-4-7-18-15(21)12-10-19-14(20-13(12)16)11-5-8-17-9-6-11/h5-6,8-10H,2-4,7H2,1H3,(H,18,21)(H2,16,19,20). The van der Waals surface area contributed by atoms with E-state index in [1.54, 1.807) is 24.5 Å². The monoisotopic (exact) mass is 285 g/mol. The Kier molecular flexibility index (Phi) is 5.20. The molecule has 0 unspecified atom stereocenters. The van der Waals surface area contributed by atoms with E-state index in [2.05, 4.69) is 27.2 Å². The van der Waals surface area contributed by atoms with E-state index in [1.807, 2.05) is 0 Å². The lowest BCUT2D eigenvalue weighted by Crippen LogP contribution is -2.26. The van der Waals surface area contributed by atoms with Crippen LogP contribution in [0.3, 0.4) is 0 Å². The van der Waals surface area contributed by atoms with E-state index >= 15 is 0 Å². The number of hydrogen-bond donors (Lipinski definition) is 2. The second-order valence-corrected chi connectivity index (χ2v) is 4.69. The third-order valence-electron chi connectivity index (χ3n) is 3.07. The van der Waals surface area contributed by atoms with Crippen molar-refractivity contribution < 1.29 is 4.79 Å². The molecule has 0 spiro atoms. The molecule has 2 aromatic rings. The molecule has 0 aliphatic rings. The minimum atomic E-state index is -0.232. The molecule has 2 aromatic heterocycles. The highest BCUT2D eigenvalue weighted by atomic mass is 16.1. The number of aromatic nitrogens is 3. The van der Waals surface area contributed by atoms with Crippen LogP contribution < -0.4 is 11.1 Å². The Hall–Kier alpha value is -2.50. The molecule has 21 heavy (non-hydrogen) atoms. The lowest BCUT2D eigenvalue weighted by atomic mass is 10.2. The third kappa shape index (κ3) is 3.98. The molecule has 0 saturated carbocycles. The summed E-state index contributed by atoms with van der Waals surface area (Å²) in [4.78, 5) is 24.3. The Balaban J connectivity index is 2.07. The van der Waals surface area contributed by atoms with Gasteiger partial charge in [-0.1, -0.05) is 19.8 Å². The summed E-state index contributed by atoms with van der Waals surface area (Å²) in [5, 5.41) is 2.82. The van der Waals surface area contributed by atoms with E-state index in [1.165, 1.54) is 6.20 Å². The maximum absolute atomic E-state index is 12.0. The summed E-state index contributed by atoms with van der Waals surface area (Å²) < 4.78 is 0. The summed E-state index contributed by atoms with van der Waals surface area (Å²) in [6, 6.07) is 3.58. The van der Waals surface area contributed by atoms with Crippen LogP contribution in [0, 0.1) is 0 Å². The first kappa shape index (κ1) is 14.9. The lowest BCUT2D eigenvalue weighted by Gasteiger charge is -2.07. The maximum Gasteiger partial charge on any atom is 0.256 e. The van der Waals surface area contributed by atoms with Crippen molar-refractivity contribution in [3.63, 3.8) is 0 Å². The maximum atomic E-state index is 12.0. The minimum absolute atomic E-state index is 0.185. The van der Waals surface area contributed by atoms with Crippen molar-refractivity contribution in [1.29, 1.82) is 0 Å². The zero-order chi connectivity index (χ0) is 15.1. The Morgan fingerprint density at radius 3 is 2.71 bits per heavy atom. The number of carbonyl (C=O) groups excluding carboxylic acids is 1. The zero-order valence-electron chi connectivity index (χ0n) is 12.0. The Morgan fingerprint density at radius 2 is 2.05 bits per heavy atom. The van der Waals surface area contributed by atoms with Gasteiger partial charge in [-0.05, 0) is 18.6 Å². The summed E-state index contributed by atoms with van der Waals surface area (Å²) in [6.07, 6.45) is 7.94. The number of pyridine rings is 1. The van der Waals surface area contributed by atoms with Crippen LogP contribution in [0.4, 0.5) is 5.82 Å². The predicted molar refractivity (Wildman–Crippen MR) is 81.5 cm³/mol. The first-order valence-electron chi connectivity index (χ1n) is 7.03. The molecule has 0 aliphatic carbocycles. The zero-order valence-corrected chi connectivity index (χ0v) is 12.0. The molecule has 0 atom stereocenters. The van der Waals surface area contributed by atoms with E-state index in [-0.39, 0.29) is 11.7 Å². The smallest absolute Gasteiger partial charge is 0.256 e. The predicted octanol–water partition coefficient (Wildman–Crippen LogP) is 2.04. The van der Waals surface area contributed by atoms with Gasteiger partial charge in [0.1, 0.15) is 5.82 Å². The van der Waals surface area contributed by atoms with Crippen molar-refractivity contribution in [1.82, 2.24) is 20.3 Å². The quantitative estimate of drug-likeness (QED) is 0.792. The Bertz CT molecular complexity index is 600. The third-order valence-corrected chi connectivity index (χ3v) is 3.07. The van der Waals surface area contributed by atoms with Gasteiger partial charge in [-0.15, -0.1) is 0 Å². The van der Waals surface area contributed by atoms with Crippen molar-refractivity contribution in [2.45, 2.75) is 26.2 Å². The molecule has 6 heteroatoms. The molecular formula is C15H19N5O. The van der Waals surface area contributed by atoms with Gasteiger partial charge in [-0.2, -0.15) is 0 Å². The second kappa shape index (κ2) is 7.33. The normalized spacial score (nSPS) is 10.3. The number of hydrogen-bond acceptors (Lipinski definition) is 5. The molecular weight excluding hydrogens is 266 g/mol. The highest BCUT2D eigenvalue weighted by Gasteiger charge is 2.12. The van der Waals surface area contributed by atoms with E-state index in [9.17, 15) is 4.79 Å². The number of nitrogen functional groups attached to an aromatic ring is 1. The molecule has 0 bridgehead atoms. The Labute approximate surface area is 123 Å². The van der Waals surface area contributed by atoms with Gasteiger partial charge >= 0.3 is 0 Å². The number of nitrogens with two attached hydrogens (primary N) is 1. The number of rotatable bonds is 6. The molecule has 0 aliphatic heterocycles. The molecule has 110 valence electrons. The number of carbonyl (C=O) groups is 1. The van der Waals surface area contributed by atoms with Gasteiger partial charge in [0.05, 0.1) is 5.56 Å². The van der Waals surface area contributed by atoms with Gasteiger partial charge in [-0.25, -0.2) is 9.97 Å². The molecule has 0 radical (unpaired) electrons. The molecule has 2 rings (SSSR count). The topological polar surface area (TPSA) is 93.8 Å². The van der Waals surface area contributed by atoms with Crippen molar-refractivity contribution in [2.75, 3.05) is 12.3 Å². The first-order valence-corrected chi connectivity index (χ1v) is 7.03. The van der Waals surface area contributed by atoms with Gasteiger partial charge in [-0.3, -0.25) is 9.78 Å². The molecule has 0 saturated heterocycles. The van der Waals surface area contributed by atoms with Gasteiger partial charge < -0.3 is 11.1 Å². The summed E-state index contributed by atoms with van der Waals surface area (Å²) >= 11 is 0. The number of unbranched alkanes of at least 4 members (excludes halogenated alkanes) is 2. The first-order chi connectivity index (χ1) is 10.2. The van der Waals surface area contributed by atoms with E-state index in [4.69, 9.17) is 5.73 Å². The lowest BCUT2D eigenvalue weighted by molar-refractivity contribution is 0.0953. The van der Waals surface area contributed by atoms with Crippen LogP contribution in [0.25, 0.3) is 11.4 Å². The van der Waals surface area contributed by atoms with Gasteiger partial charge in [0.25, 0.3) is 5.91 Å². The van der Waals surface area contributed by atoms with Crippen molar-refractivity contribution in [3.05, 3.63) is 36.3 Å². The van der Waals surface area contributed by atoms with E-state index in [0.29, 0.717) is 17.9 Å². The fraction of sp³-hybridized carbons (Fsp3) is 0.333. The van der Waals surface area contributed by atoms with Crippen LogP contribution in [0.1, 0.15) is 36.5 Å². The van der Waals surface area contributed by atoms with Crippen molar-refractivity contribution >= 4 is 11.7 Å². The SMILES string of the molecule is CCCCCNC(=O)c1cnc(-c2ccncc2)nc1N. The number of amides is 1. The van der Waals surface area contributed by atoms with Crippen molar-refractivity contribution in [3.8, 4) is 11.4 Å². The number of nitrogens with one attached hydrogen (secondary N) is 1. The molecule has 0 aromatic carbocycles. The Morgan fingerprint density at radius 1 is 1.29 bits per heavy atom. The number of anilines is 1. The number of nitrogens with zero attached hydrogens (tertiary/aromatic N) is 3. The summed E-state index contributed by atoms with van der Waals surface area (Å²) in [6.45, 7) is 2.75. The fourth-order valence-electron chi connectivity index (χ4n) is 1.88. The van der Waals surface area contributed by atoms with Crippen molar-refractivity contribution in [2.24, 2.45) is 0 Å². The molecule has 3 N–H and O–H groups in total. The van der Waals surface area contributed by atoms with Gasteiger partial charge in [0.15, 0.2) is 5.82 Å². The van der Waals surface area contributed by atoms with E-state index in [0.717, 1.165) is 24.8 Å². The summed E-state index contributed by atoms with van der Waals surface area (Å²) in [5.74, 6) is 0.437. The van der Waals surface area contributed by atoms with Crippen LogP contribution in [0.5, 0.6) is 0 Å². The molecule has 6 nitrogen and oxygen atoms in total. The van der Waals surface area contributed by atoms with Gasteiger partial charge in [0, 0.05) is 30.7 Å². The largest absolute Gasteiger partial charge is 0.383 e. The average Bonchev–Trinajstić information content (AvgIpc) is 2.52. The average molecular weight is 285 g/mol. The van der Waals surface area contributed by atoms with Crippen LogP contribution in [0.15, 0.2) is 30.7 Å². The van der Waals surface area contributed by atoms with Gasteiger partial charge in [0.2, 0.25) is 0 Å². The van der Waals surface area contributed by atoms with E-state index < -0.39 is 0 Å². The highest BCUT2D eigenvalue weighted by molar-refractivity contribution is 5.98. The summed E-state index contributed by atoms with van der Waals surface area (Å²) in [5.41, 5.74) is 6.98. The highest BCUT2D eigenvalue weighted by Crippen LogP contribution is 2.16.